The minimum absolute atomic E-state index is 0.0974. The first-order valence-corrected chi connectivity index (χ1v) is 11.2. The van der Waals surface area contributed by atoms with Gasteiger partial charge in [0.1, 0.15) is 11.4 Å². The molecule has 3 rings (SSSR count). The molecule has 2 aromatic carbocycles. The second-order valence-corrected chi connectivity index (χ2v) is 9.44. The lowest BCUT2D eigenvalue weighted by molar-refractivity contribution is 0.00737. The van der Waals surface area contributed by atoms with Crippen LogP contribution in [0.15, 0.2) is 54.6 Å². The lowest BCUT2D eigenvalue weighted by atomic mass is 10.0. The highest BCUT2D eigenvalue weighted by Crippen LogP contribution is 2.33. The minimum atomic E-state index is -0.521. The number of likely N-dealkylation sites (tertiary alicyclic amines) is 1. The maximum Gasteiger partial charge on any atom is 0.410 e. The van der Waals surface area contributed by atoms with Crippen LogP contribution in [0, 0.1) is 5.92 Å². The van der Waals surface area contributed by atoms with Crippen LogP contribution in [-0.4, -0.2) is 42.3 Å². The molecule has 1 aliphatic heterocycles. The number of carbonyl (C=O) groups excluding carboxylic acids is 1. The second kappa shape index (κ2) is 10.1. The number of para-hydroxylation sites is 1. The van der Waals surface area contributed by atoms with Crippen molar-refractivity contribution in [2.24, 2.45) is 5.92 Å². The molecule has 0 bridgehead atoms. The molecule has 0 aliphatic carbocycles. The molecule has 0 aromatic heterocycles. The van der Waals surface area contributed by atoms with E-state index in [2.05, 4.69) is 36.5 Å². The van der Waals surface area contributed by atoms with Gasteiger partial charge in [0.25, 0.3) is 0 Å². The van der Waals surface area contributed by atoms with E-state index in [9.17, 15) is 4.79 Å². The van der Waals surface area contributed by atoms with Gasteiger partial charge in [0, 0.05) is 30.7 Å². The molecule has 0 unspecified atom stereocenters. The van der Waals surface area contributed by atoms with Crippen molar-refractivity contribution in [3.05, 3.63) is 60.2 Å². The summed E-state index contributed by atoms with van der Waals surface area (Å²) in [5.74, 6) is 1.06. The van der Waals surface area contributed by atoms with Crippen LogP contribution in [0.4, 0.5) is 10.5 Å². The number of carbonyl (C=O) groups is 1. The van der Waals surface area contributed by atoms with Crippen LogP contribution in [0.25, 0.3) is 0 Å². The van der Waals surface area contributed by atoms with E-state index in [0.29, 0.717) is 6.61 Å². The molecule has 1 amide bonds. The van der Waals surface area contributed by atoms with Gasteiger partial charge in [0.15, 0.2) is 0 Å². The molecule has 5 heteroatoms. The Labute approximate surface area is 186 Å². The van der Waals surface area contributed by atoms with Gasteiger partial charge in [-0.05, 0) is 69.9 Å². The monoisotopic (exact) mass is 424 g/mol. The average Bonchev–Trinajstić information content (AvgIpc) is 3.16. The molecule has 1 heterocycles. The van der Waals surface area contributed by atoms with Crippen molar-refractivity contribution < 1.29 is 14.3 Å². The molecule has 0 saturated carbocycles. The number of nitrogens with one attached hydrogen (secondary N) is 1. The van der Waals surface area contributed by atoms with Crippen LogP contribution in [-0.2, 0) is 11.2 Å². The standard InChI is InChI=1S/C26H36N2O3/c1-19(18-30-23-9-7-6-8-10-23)24-16-15-22(28(24)25(29)31-26(2,3)4)17-20-11-13-21(27-5)14-12-20/h6-14,19,22,24,27H,15-18H2,1-5H3/t19-,22+,24-/m1/s1. The largest absolute Gasteiger partial charge is 0.493 e. The van der Waals surface area contributed by atoms with Gasteiger partial charge in [0.2, 0.25) is 0 Å². The summed E-state index contributed by atoms with van der Waals surface area (Å²) in [6, 6.07) is 18.5. The summed E-state index contributed by atoms with van der Waals surface area (Å²) in [6.07, 6.45) is 2.52. The molecule has 1 fully saturated rings. The molecule has 1 saturated heterocycles. The molecule has 5 nitrogen and oxygen atoms in total. The van der Waals surface area contributed by atoms with Gasteiger partial charge in [-0.2, -0.15) is 0 Å². The second-order valence-electron chi connectivity index (χ2n) is 9.44. The van der Waals surface area contributed by atoms with Gasteiger partial charge in [-0.1, -0.05) is 37.3 Å². The first-order valence-electron chi connectivity index (χ1n) is 11.2. The normalized spacial score (nSPS) is 19.7. The lowest BCUT2D eigenvalue weighted by Gasteiger charge is -2.35. The van der Waals surface area contributed by atoms with Crippen molar-refractivity contribution in [2.45, 2.75) is 64.6 Å². The molecule has 31 heavy (non-hydrogen) atoms. The molecule has 0 radical (unpaired) electrons. The Kier molecular flexibility index (Phi) is 7.47. The summed E-state index contributed by atoms with van der Waals surface area (Å²) >= 11 is 0. The predicted molar refractivity (Wildman–Crippen MR) is 126 cm³/mol. The fourth-order valence-electron chi connectivity index (χ4n) is 4.21. The smallest absolute Gasteiger partial charge is 0.410 e. The van der Waals surface area contributed by atoms with Crippen LogP contribution >= 0.6 is 0 Å². The van der Waals surface area contributed by atoms with Crippen molar-refractivity contribution >= 4 is 11.8 Å². The molecule has 0 spiro atoms. The molecule has 2 aromatic rings. The highest BCUT2D eigenvalue weighted by molar-refractivity contribution is 5.69. The highest BCUT2D eigenvalue weighted by Gasteiger charge is 2.41. The van der Waals surface area contributed by atoms with E-state index >= 15 is 0 Å². The van der Waals surface area contributed by atoms with E-state index < -0.39 is 5.60 Å². The molecule has 168 valence electrons. The summed E-state index contributed by atoms with van der Waals surface area (Å²) in [7, 11) is 1.92. The van der Waals surface area contributed by atoms with Crippen molar-refractivity contribution in [1.82, 2.24) is 4.90 Å². The minimum Gasteiger partial charge on any atom is -0.493 e. The van der Waals surface area contributed by atoms with E-state index in [-0.39, 0.29) is 24.1 Å². The van der Waals surface area contributed by atoms with Gasteiger partial charge in [0.05, 0.1) is 6.61 Å². The van der Waals surface area contributed by atoms with E-state index in [0.717, 1.165) is 30.7 Å². The van der Waals surface area contributed by atoms with Crippen molar-refractivity contribution in [1.29, 1.82) is 0 Å². The van der Waals surface area contributed by atoms with E-state index in [1.807, 2.05) is 63.1 Å². The molecule has 1 aliphatic rings. The third kappa shape index (κ3) is 6.39. The zero-order valence-electron chi connectivity index (χ0n) is 19.4. The maximum absolute atomic E-state index is 13.2. The molecule has 1 N–H and O–H groups in total. The Morgan fingerprint density at radius 1 is 1.10 bits per heavy atom. The summed E-state index contributed by atoms with van der Waals surface area (Å²) in [4.78, 5) is 15.2. The SMILES string of the molecule is CNc1ccc(C[C@@H]2CC[C@H]([C@H](C)COc3ccccc3)N2C(=O)OC(C)(C)C)cc1. The van der Waals surface area contributed by atoms with Crippen molar-refractivity contribution in [2.75, 3.05) is 19.0 Å². The van der Waals surface area contributed by atoms with Crippen LogP contribution < -0.4 is 10.1 Å². The molecule has 3 atom stereocenters. The van der Waals surface area contributed by atoms with E-state index in [1.165, 1.54) is 5.56 Å². The Morgan fingerprint density at radius 3 is 2.39 bits per heavy atom. The Bertz CT molecular complexity index is 830. The number of rotatable bonds is 7. The van der Waals surface area contributed by atoms with E-state index in [1.54, 1.807) is 0 Å². The summed E-state index contributed by atoms with van der Waals surface area (Å²) in [6.45, 7) is 8.49. The fraction of sp³-hybridized carbons (Fsp3) is 0.500. The Morgan fingerprint density at radius 2 is 1.77 bits per heavy atom. The van der Waals surface area contributed by atoms with Crippen LogP contribution in [0.1, 0.15) is 46.1 Å². The molecular weight excluding hydrogens is 388 g/mol. The lowest BCUT2D eigenvalue weighted by Crippen LogP contribution is -2.48. The summed E-state index contributed by atoms with van der Waals surface area (Å²) in [5, 5.41) is 3.15. The highest BCUT2D eigenvalue weighted by atomic mass is 16.6. The zero-order chi connectivity index (χ0) is 22.4. The number of benzene rings is 2. The maximum atomic E-state index is 13.2. The van der Waals surface area contributed by atoms with Crippen LogP contribution in [0.5, 0.6) is 5.75 Å². The number of anilines is 1. The first-order chi connectivity index (χ1) is 14.8. The number of nitrogens with zero attached hydrogens (tertiary/aromatic N) is 1. The van der Waals surface area contributed by atoms with E-state index in [4.69, 9.17) is 9.47 Å². The number of amides is 1. The predicted octanol–water partition coefficient (Wildman–Crippen LogP) is 5.75. The number of hydrogen-bond donors (Lipinski definition) is 1. The van der Waals surface area contributed by atoms with Gasteiger partial charge in [-0.25, -0.2) is 4.79 Å². The van der Waals surface area contributed by atoms with Crippen molar-refractivity contribution in [3.63, 3.8) is 0 Å². The summed E-state index contributed by atoms with van der Waals surface area (Å²) in [5.41, 5.74) is 1.79. The third-order valence-electron chi connectivity index (χ3n) is 5.78. The van der Waals surface area contributed by atoms with Gasteiger partial charge in [-0.15, -0.1) is 0 Å². The quantitative estimate of drug-likeness (QED) is 0.614. The number of hydrogen-bond acceptors (Lipinski definition) is 4. The van der Waals surface area contributed by atoms with Crippen LogP contribution in [0.3, 0.4) is 0 Å². The van der Waals surface area contributed by atoms with Gasteiger partial charge < -0.3 is 19.7 Å². The molecular formula is C26H36N2O3. The fourth-order valence-corrected chi connectivity index (χ4v) is 4.21. The zero-order valence-corrected chi connectivity index (χ0v) is 19.4. The topological polar surface area (TPSA) is 50.8 Å². The Balaban J connectivity index is 1.73. The van der Waals surface area contributed by atoms with Gasteiger partial charge >= 0.3 is 6.09 Å². The third-order valence-corrected chi connectivity index (χ3v) is 5.78. The van der Waals surface area contributed by atoms with Crippen molar-refractivity contribution in [3.8, 4) is 5.75 Å². The van der Waals surface area contributed by atoms with Gasteiger partial charge in [-0.3, -0.25) is 0 Å². The average molecular weight is 425 g/mol. The summed E-state index contributed by atoms with van der Waals surface area (Å²) < 4.78 is 11.8. The Hall–Kier alpha value is -2.69. The number of ether oxygens (including phenoxy) is 2. The van der Waals surface area contributed by atoms with Crippen LogP contribution in [0.2, 0.25) is 0 Å². The first kappa shape index (κ1) is 23.0.